The van der Waals surface area contributed by atoms with E-state index < -0.39 is 0 Å². The van der Waals surface area contributed by atoms with Gasteiger partial charge in [0, 0.05) is 17.3 Å². The van der Waals surface area contributed by atoms with Gasteiger partial charge in [-0.15, -0.1) is 10.2 Å². The van der Waals surface area contributed by atoms with Crippen LogP contribution in [0.15, 0.2) is 48.5 Å². The fraction of sp³-hybridized carbons (Fsp3) is 0.208. The van der Waals surface area contributed by atoms with Gasteiger partial charge in [0.1, 0.15) is 5.01 Å². The third-order valence-electron chi connectivity index (χ3n) is 5.15. The van der Waals surface area contributed by atoms with Gasteiger partial charge in [0.2, 0.25) is 10.9 Å². The molecule has 7 nitrogen and oxygen atoms in total. The van der Waals surface area contributed by atoms with E-state index in [1.807, 2.05) is 44.2 Å². The van der Waals surface area contributed by atoms with Crippen LogP contribution in [-0.2, 0) is 4.79 Å². The van der Waals surface area contributed by atoms with Crippen LogP contribution in [-0.4, -0.2) is 30.8 Å². The Bertz CT molecular complexity index is 1350. The van der Waals surface area contributed by atoms with Gasteiger partial charge >= 0.3 is 0 Å². The van der Waals surface area contributed by atoms with E-state index in [1.165, 1.54) is 23.0 Å². The summed E-state index contributed by atoms with van der Waals surface area (Å²) in [5.41, 5.74) is 4.94. The molecule has 4 aromatic rings. The Morgan fingerprint density at radius 2 is 1.88 bits per heavy atom. The van der Waals surface area contributed by atoms with Crippen molar-refractivity contribution >= 4 is 51.3 Å². The van der Waals surface area contributed by atoms with E-state index in [9.17, 15) is 4.79 Å². The van der Waals surface area contributed by atoms with Gasteiger partial charge in [0.25, 0.3) is 0 Å². The van der Waals surface area contributed by atoms with Crippen LogP contribution in [0.25, 0.3) is 21.6 Å². The Labute approximate surface area is 201 Å². The number of amides is 1. The van der Waals surface area contributed by atoms with Crippen LogP contribution in [0.1, 0.15) is 42.3 Å². The number of benzene rings is 2. The second-order valence-corrected chi connectivity index (χ2v) is 9.34. The first-order chi connectivity index (χ1) is 15.8. The second kappa shape index (κ2) is 9.60. The number of nitrogens with one attached hydrogen (secondary N) is 2. The molecule has 9 heteroatoms. The van der Waals surface area contributed by atoms with Crippen LogP contribution in [0.4, 0.5) is 5.69 Å². The van der Waals surface area contributed by atoms with Crippen molar-refractivity contribution in [3.05, 3.63) is 71.1 Å². The average Bonchev–Trinajstić information content (AvgIpc) is 3.36. The molecule has 0 saturated carbocycles. The van der Waals surface area contributed by atoms with Crippen molar-refractivity contribution in [2.75, 3.05) is 5.32 Å². The van der Waals surface area contributed by atoms with Gasteiger partial charge < -0.3 is 5.32 Å². The van der Waals surface area contributed by atoms with E-state index in [0.29, 0.717) is 5.92 Å². The highest BCUT2D eigenvalue weighted by Crippen LogP contribution is 2.29. The topological polar surface area (TPSA) is 84.2 Å². The van der Waals surface area contributed by atoms with Crippen LogP contribution in [0.2, 0.25) is 0 Å². The number of carbonyl (C=O) groups is 1. The molecule has 1 amide bonds. The molecule has 0 unspecified atom stereocenters. The molecule has 2 heterocycles. The molecule has 0 aliphatic rings. The Morgan fingerprint density at radius 1 is 1.12 bits per heavy atom. The van der Waals surface area contributed by atoms with Crippen molar-refractivity contribution in [3.63, 3.8) is 0 Å². The van der Waals surface area contributed by atoms with Crippen molar-refractivity contribution in [2.24, 2.45) is 0 Å². The Hall–Kier alpha value is -3.43. The number of aryl methyl sites for hydroxylation is 2. The molecule has 0 aliphatic heterocycles. The zero-order valence-corrected chi connectivity index (χ0v) is 20.4. The number of anilines is 1. The summed E-state index contributed by atoms with van der Waals surface area (Å²) in [4.78, 5) is 13.1. The van der Waals surface area contributed by atoms with Crippen LogP contribution < -0.4 is 10.6 Å². The number of fused-ring (bicyclic) bond motifs is 1. The standard InChI is InChI=1S/C24H24N6OS2/c1-14(2)18-10-6-17(7-11-18)8-12-21(31)26-23(32)25-20-13-19(9-5-15(20)3)22-29-30-16(4)27-28-24(30)33-22/h5-14H,1-4H3,(H2,25,26,31,32)/b12-8+. The largest absolute Gasteiger partial charge is 0.332 e. The Morgan fingerprint density at radius 3 is 2.58 bits per heavy atom. The highest BCUT2D eigenvalue weighted by atomic mass is 32.1. The van der Waals surface area contributed by atoms with E-state index >= 15 is 0 Å². The van der Waals surface area contributed by atoms with Gasteiger partial charge in [-0.2, -0.15) is 9.61 Å². The lowest BCUT2D eigenvalue weighted by Crippen LogP contribution is -2.33. The highest BCUT2D eigenvalue weighted by Gasteiger charge is 2.12. The molecule has 2 N–H and O–H groups in total. The molecule has 0 fully saturated rings. The van der Waals surface area contributed by atoms with Gasteiger partial charge in [0.15, 0.2) is 10.9 Å². The quantitative estimate of drug-likeness (QED) is 0.307. The molecular formula is C24H24N6OS2. The summed E-state index contributed by atoms with van der Waals surface area (Å²) in [7, 11) is 0. The van der Waals surface area contributed by atoms with Gasteiger partial charge in [-0.3, -0.25) is 10.1 Å². The predicted molar refractivity (Wildman–Crippen MR) is 137 cm³/mol. The number of rotatable bonds is 5. The maximum atomic E-state index is 12.3. The smallest absolute Gasteiger partial charge is 0.250 e. The summed E-state index contributed by atoms with van der Waals surface area (Å²) in [6.45, 7) is 8.14. The predicted octanol–water partition coefficient (Wildman–Crippen LogP) is 5.12. The number of nitrogens with zero attached hydrogens (tertiary/aromatic N) is 4. The minimum Gasteiger partial charge on any atom is -0.332 e. The Balaban J connectivity index is 1.41. The van der Waals surface area contributed by atoms with Gasteiger partial charge in [0.05, 0.1) is 0 Å². The summed E-state index contributed by atoms with van der Waals surface area (Å²) in [6, 6.07) is 14.1. The van der Waals surface area contributed by atoms with Crippen molar-refractivity contribution in [1.29, 1.82) is 0 Å². The molecule has 0 atom stereocenters. The van der Waals surface area contributed by atoms with Crippen LogP contribution in [0.3, 0.4) is 0 Å². The van der Waals surface area contributed by atoms with Crippen LogP contribution >= 0.6 is 23.6 Å². The van der Waals surface area contributed by atoms with E-state index in [1.54, 1.807) is 10.6 Å². The van der Waals surface area contributed by atoms with Gasteiger partial charge in [-0.05, 0) is 60.8 Å². The van der Waals surface area contributed by atoms with Crippen molar-refractivity contribution in [1.82, 2.24) is 25.1 Å². The first-order valence-electron chi connectivity index (χ1n) is 10.5. The molecule has 0 saturated heterocycles. The van der Waals surface area contributed by atoms with E-state index in [-0.39, 0.29) is 11.0 Å². The first-order valence-corrected chi connectivity index (χ1v) is 11.7. The summed E-state index contributed by atoms with van der Waals surface area (Å²) >= 11 is 6.81. The Kier molecular flexibility index (Phi) is 6.62. The van der Waals surface area contributed by atoms with Crippen molar-refractivity contribution in [2.45, 2.75) is 33.6 Å². The maximum absolute atomic E-state index is 12.3. The van der Waals surface area contributed by atoms with Crippen LogP contribution in [0, 0.1) is 13.8 Å². The highest BCUT2D eigenvalue weighted by molar-refractivity contribution is 7.80. The third kappa shape index (κ3) is 5.32. The first kappa shape index (κ1) is 22.8. The molecule has 0 bridgehead atoms. The molecule has 2 aromatic heterocycles. The summed E-state index contributed by atoms with van der Waals surface area (Å²) in [5, 5.41) is 19.6. The molecule has 0 aliphatic carbocycles. The van der Waals surface area contributed by atoms with Crippen molar-refractivity contribution < 1.29 is 4.79 Å². The fourth-order valence-corrected chi connectivity index (χ4v) is 4.28. The lowest BCUT2D eigenvalue weighted by molar-refractivity contribution is -0.115. The molecule has 168 valence electrons. The normalized spacial score (nSPS) is 11.4. The summed E-state index contributed by atoms with van der Waals surface area (Å²) in [6.07, 6.45) is 3.24. The number of carbonyl (C=O) groups excluding carboxylic acids is 1. The summed E-state index contributed by atoms with van der Waals surface area (Å²) in [5.74, 6) is 0.920. The molecule has 2 aromatic carbocycles. The molecule has 33 heavy (non-hydrogen) atoms. The lowest BCUT2D eigenvalue weighted by atomic mass is 10.0. The zero-order valence-electron chi connectivity index (χ0n) is 18.8. The number of thiocarbonyl (C=S) groups is 1. The molecule has 4 rings (SSSR count). The van der Waals surface area contributed by atoms with Gasteiger partial charge in [-0.25, -0.2) is 0 Å². The minimum absolute atomic E-state index is 0.231. The van der Waals surface area contributed by atoms with E-state index in [0.717, 1.165) is 38.2 Å². The van der Waals surface area contributed by atoms with Crippen molar-refractivity contribution in [3.8, 4) is 10.6 Å². The molecular weight excluding hydrogens is 452 g/mol. The monoisotopic (exact) mass is 476 g/mol. The maximum Gasteiger partial charge on any atom is 0.250 e. The molecule has 0 radical (unpaired) electrons. The summed E-state index contributed by atoms with van der Waals surface area (Å²) < 4.78 is 1.72. The lowest BCUT2D eigenvalue weighted by Gasteiger charge is -2.12. The minimum atomic E-state index is -0.293. The van der Waals surface area contributed by atoms with E-state index in [2.05, 4.69) is 51.9 Å². The third-order valence-corrected chi connectivity index (χ3v) is 6.30. The number of aromatic nitrogens is 4. The molecule has 0 spiro atoms. The fourth-order valence-electron chi connectivity index (χ4n) is 3.19. The van der Waals surface area contributed by atoms with E-state index in [4.69, 9.17) is 12.2 Å². The number of hydrogen-bond acceptors (Lipinski definition) is 6. The number of hydrogen-bond donors (Lipinski definition) is 2. The second-order valence-electron chi connectivity index (χ2n) is 7.98. The SMILES string of the molecule is Cc1ccc(-c2nn3c(C)nnc3s2)cc1NC(=S)NC(=O)/C=C/c1ccc(C(C)C)cc1. The zero-order chi connectivity index (χ0) is 23.5. The van der Waals surface area contributed by atoms with Gasteiger partial charge in [-0.1, -0.05) is 61.6 Å². The average molecular weight is 477 g/mol. The van der Waals surface area contributed by atoms with Crippen LogP contribution in [0.5, 0.6) is 0 Å².